The highest BCUT2D eigenvalue weighted by atomic mass is 35.5. The number of carbonyl (C=O) groups excluding carboxylic acids is 1. The Morgan fingerprint density at radius 1 is 1.35 bits per heavy atom. The molecule has 0 aromatic carbocycles. The number of rotatable bonds is 6. The number of nitrogens with zero attached hydrogens (tertiary/aromatic N) is 4. The summed E-state index contributed by atoms with van der Waals surface area (Å²) in [6, 6.07) is 7.69. The average Bonchev–Trinajstić information content (AvgIpc) is 3.07. The number of hydrogen-bond acceptors (Lipinski definition) is 5. The number of aromatic nitrogens is 3. The Hall–Kier alpha value is -2.59. The minimum Gasteiger partial charge on any atom is -0.367 e. The number of hydrogen-bond donors (Lipinski definition) is 2. The summed E-state index contributed by atoms with van der Waals surface area (Å²) >= 11 is 5.82. The number of nitrogens with one attached hydrogen (secondary N) is 2. The molecule has 1 saturated carbocycles. The second-order valence-corrected chi connectivity index (χ2v) is 6.86. The Balaban J connectivity index is 1.40. The number of carbonyl (C=O) groups is 1. The predicted octanol–water partition coefficient (Wildman–Crippen LogP) is 2.59. The maximum absolute atomic E-state index is 12.3. The summed E-state index contributed by atoms with van der Waals surface area (Å²) in [5.41, 5.74) is 0.404. The lowest BCUT2D eigenvalue weighted by Crippen LogP contribution is -2.37. The monoisotopic (exact) mass is 372 g/mol. The van der Waals surface area contributed by atoms with E-state index in [1.165, 1.54) is 0 Å². The molecule has 1 aliphatic rings. The summed E-state index contributed by atoms with van der Waals surface area (Å²) in [5.74, 6) is 0.869. The van der Waals surface area contributed by atoms with E-state index in [0.717, 1.165) is 31.5 Å². The molecule has 1 fully saturated rings. The van der Waals surface area contributed by atoms with E-state index in [4.69, 9.17) is 16.9 Å². The summed E-state index contributed by atoms with van der Waals surface area (Å²) in [7, 11) is 0. The molecule has 1 amide bonds. The van der Waals surface area contributed by atoms with Gasteiger partial charge in [0, 0.05) is 24.7 Å². The minimum absolute atomic E-state index is 0.0488. The minimum atomic E-state index is 0.0488. The van der Waals surface area contributed by atoms with Gasteiger partial charge >= 0.3 is 0 Å². The molecule has 2 N–H and O–H groups in total. The van der Waals surface area contributed by atoms with Gasteiger partial charge in [0.05, 0.1) is 17.8 Å². The second-order valence-electron chi connectivity index (χ2n) is 6.43. The fourth-order valence-electron chi connectivity index (χ4n) is 3.19. The van der Waals surface area contributed by atoms with Crippen LogP contribution in [-0.2, 0) is 11.3 Å². The van der Waals surface area contributed by atoms with Crippen molar-refractivity contribution in [2.75, 3.05) is 11.9 Å². The molecular weight excluding hydrogens is 352 g/mol. The molecule has 0 bridgehead atoms. The van der Waals surface area contributed by atoms with E-state index in [1.54, 1.807) is 23.1 Å². The number of halogens is 1. The zero-order valence-corrected chi connectivity index (χ0v) is 15.1. The molecule has 8 heteroatoms. The molecule has 26 heavy (non-hydrogen) atoms. The molecule has 0 spiro atoms. The molecule has 0 saturated heterocycles. The van der Waals surface area contributed by atoms with Crippen molar-refractivity contribution >= 4 is 23.3 Å². The summed E-state index contributed by atoms with van der Waals surface area (Å²) in [6.07, 6.45) is 6.82. The molecule has 7 nitrogen and oxygen atoms in total. The van der Waals surface area contributed by atoms with Gasteiger partial charge < -0.3 is 10.6 Å². The van der Waals surface area contributed by atoms with E-state index in [-0.39, 0.29) is 17.9 Å². The van der Waals surface area contributed by atoms with E-state index in [2.05, 4.69) is 20.7 Å². The lowest BCUT2D eigenvalue weighted by molar-refractivity contribution is -0.126. The molecule has 3 rings (SSSR count). The van der Waals surface area contributed by atoms with Crippen molar-refractivity contribution in [1.29, 1.82) is 5.26 Å². The van der Waals surface area contributed by atoms with Gasteiger partial charge in [-0.25, -0.2) is 4.98 Å². The van der Waals surface area contributed by atoms with Crippen molar-refractivity contribution in [3.63, 3.8) is 0 Å². The van der Waals surface area contributed by atoms with Gasteiger partial charge in [-0.1, -0.05) is 17.7 Å². The molecule has 0 radical (unpaired) electrons. The number of anilines is 1. The van der Waals surface area contributed by atoms with Gasteiger partial charge in [-0.15, -0.1) is 0 Å². The first-order valence-electron chi connectivity index (χ1n) is 8.73. The summed E-state index contributed by atoms with van der Waals surface area (Å²) in [6.45, 7) is 1.15. The third-order valence-corrected chi connectivity index (χ3v) is 4.75. The lowest BCUT2D eigenvalue weighted by Gasteiger charge is -2.28. The zero-order valence-electron chi connectivity index (χ0n) is 14.4. The van der Waals surface area contributed by atoms with Gasteiger partial charge in [0.2, 0.25) is 5.91 Å². The standard InChI is InChI=1S/C18H21ClN6O/c19-14-11-22-25(12-14)9-8-21-18(26)13-4-6-15(7-5-13)23-17-3-1-2-16(10-20)24-17/h1-3,11-13,15H,4-9H2,(H,21,26)(H,23,24). The Kier molecular flexibility index (Phi) is 6.08. The van der Waals surface area contributed by atoms with E-state index < -0.39 is 0 Å². The highest BCUT2D eigenvalue weighted by molar-refractivity contribution is 6.30. The molecule has 0 unspecified atom stereocenters. The Labute approximate surface area is 157 Å². The van der Waals surface area contributed by atoms with Crippen molar-refractivity contribution in [2.45, 2.75) is 38.3 Å². The third kappa shape index (κ3) is 4.96. The Bertz CT molecular complexity index is 791. The SMILES string of the molecule is N#Cc1cccc(NC2CCC(C(=O)NCCn3cc(Cl)cn3)CC2)n1. The van der Waals surface area contributed by atoms with Crippen LogP contribution in [0.15, 0.2) is 30.6 Å². The van der Waals surface area contributed by atoms with Crippen LogP contribution in [0.3, 0.4) is 0 Å². The van der Waals surface area contributed by atoms with Crippen LogP contribution in [0, 0.1) is 17.2 Å². The largest absolute Gasteiger partial charge is 0.367 e. The molecule has 136 valence electrons. The second kappa shape index (κ2) is 8.68. The van der Waals surface area contributed by atoms with Gasteiger partial charge in [-0.3, -0.25) is 9.48 Å². The van der Waals surface area contributed by atoms with Gasteiger partial charge in [-0.2, -0.15) is 10.4 Å². The predicted molar refractivity (Wildman–Crippen MR) is 98.6 cm³/mol. The molecular formula is C18H21ClN6O. The lowest BCUT2D eigenvalue weighted by atomic mass is 9.85. The highest BCUT2D eigenvalue weighted by Gasteiger charge is 2.26. The average molecular weight is 373 g/mol. The van der Waals surface area contributed by atoms with Gasteiger partial charge in [0.1, 0.15) is 17.6 Å². The van der Waals surface area contributed by atoms with E-state index in [0.29, 0.717) is 23.8 Å². The van der Waals surface area contributed by atoms with Gasteiger partial charge in [-0.05, 0) is 37.8 Å². The van der Waals surface area contributed by atoms with Crippen LogP contribution >= 0.6 is 11.6 Å². The molecule has 2 aromatic rings. The molecule has 0 aliphatic heterocycles. The summed E-state index contributed by atoms with van der Waals surface area (Å²) in [5, 5.41) is 19.9. The normalized spacial score (nSPS) is 19.5. The summed E-state index contributed by atoms with van der Waals surface area (Å²) < 4.78 is 1.71. The fourth-order valence-corrected chi connectivity index (χ4v) is 3.34. The van der Waals surface area contributed by atoms with Crippen LogP contribution in [0.2, 0.25) is 5.02 Å². The first kappa shape index (κ1) is 18.2. The summed E-state index contributed by atoms with van der Waals surface area (Å²) in [4.78, 5) is 16.5. The van der Waals surface area contributed by atoms with E-state index in [9.17, 15) is 4.79 Å². The van der Waals surface area contributed by atoms with Crippen LogP contribution in [-0.4, -0.2) is 33.3 Å². The number of nitriles is 1. The fraction of sp³-hybridized carbons (Fsp3) is 0.444. The molecule has 2 heterocycles. The van der Waals surface area contributed by atoms with Gasteiger partial charge in [0.25, 0.3) is 0 Å². The number of pyridine rings is 1. The van der Waals surface area contributed by atoms with E-state index in [1.807, 2.05) is 18.2 Å². The Morgan fingerprint density at radius 3 is 2.85 bits per heavy atom. The number of amides is 1. The highest BCUT2D eigenvalue weighted by Crippen LogP contribution is 2.26. The first-order chi connectivity index (χ1) is 12.6. The van der Waals surface area contributed by atoms with Crippen LogP contribution in [0.4, 0.5) is 5.82 Å². The van der Waals surface area contributed by atoms with Crippen molar-refractivity contribution in [3.05, 3.63) is 41.3 Å². The smallest absolute Gasteiger partial charge is 0.223 e. The third-order valence-electron chi connectivity index (χ3n) is 4.56. The molecule has 1 aliphatic carbocycles. The topological polar surface area (TPSA) is 95.6 Å². The van der Waals surface area contributed by atoms with Crippen molar-refractivity contribution < 1.29 is 4.79 Å². The maximum atomic E-state index is 12.3. The zero-order chi connectivity index (χ0) is 18.4. The van der Waals surface area contributed by atoms with Crippen molar-refractivity contribution in [3.8, 4) is 6.07 Å². The van der Waals surface area contributed by atoms with E-state index >= 15 is 0 Å². The maximum Gasteiger partial charge on any atom is 0.223 e. The molecule has 2 aromatic heterocycles. The Morgan fingerprint density at radius 2 is 2.15 bits per heavy atom. The first-order valence-corrected chi connectivity index (χ1v) is 9.11. The van der Waals surface area contributed by atoms with Gasteiger partial charge in [0.15, 0.2) is 0 Å². The van der Waals surface area contributed by atoms with Crippen LogP contribution in [0.1, 0.15) is 31.4 Å². The van der Waals surface area contributed by atoms with Crippen molar-refractivity contribution in [1.82, 2.24) is 20.1 Å². The van der Waals surface area contributed by atoms with Crippen LogP contribution < -0.4 is 10.6 Å². The van der Waals surface area contributed by atoms with Crippen LogP contribution in [0.25, 0.3) is 0 Å². The van der Waals surface area contributed by atoms with Crippen molar-refractivity contribution in [2.24, 2.45) is 5.92 Å². The van der Waals surface area contributed by atoms with Crippen LogP contribution in [0.5, 0.6) is 0 Å². The molecule has 0 atom stereocenters. The quantitative estimate of drug-likeness (QED) is 0.812.